The Kier molecular flexibility index (Phi) is 4.85. The molecule has 1 aliphatic rings. The van der Waals surface area contributed by atoms with Crippen LogP contribution in [0.15, 0.2) is 17.0 Å². The van der Waals surface area contributed by atoms with E-state index in [0.717, 1.165) is 19.3 Å². The quantitative estimate of drug-likeness (QED) is 0.849. The van der Waals surface area contributed by atoms with Gasteiger partial charge in [0.2, 0.25) is 0 Å². The molecule has 1 saturated carbocycles. The fourth-order valence-electron chi connectivity index (χ4n) is 2.63. The van der Waals surface area contributed by atoms with Crippen molar-refractivity contribution < 1.29 is 13.2 Å². The minimum absolute atomic E-state index is 0.127. The second kappa shape index (κ2) is 6.15. The Balaban J connectivity index is 2.30. The lowest BCUT2D eigenvalue weighted by Crippen LogP contribution is -2.33. The molecule has 1 aliphatic carbocycles. The maximum Gasteiger partial charge on any atom is 0.261 e. The van der Waals surface area contributed by atoms with Gasteiger partial charge >= 0.3 is 0 Å². The number of benzene rings is 1. The minimum Gasteiger partial charge on any atom is -0.349 e. The van der Waals surface area contributed by atoms with Gasteiger partial charge in [-0.25, -0.2) is 8.42 Å². The van der Waals surface area contributed by atoms with Crippen LogP contribution in [-0.2, 0) is 9.05 Å². The average molecular weight is 350 g/mol. The van der Waals surface area contributed by atoms with Gasteiger partial charge in [0.25, 0.3) is 15.0 Å². The van der Waals surface area contributed by atoms with Gasteiger partial charge in [0.05, 0.1) is 4.90 Å². The Morgan fingerprint density at radius 3 is 2.52 bits per heavy atom. The summed E-state index contributed by atoms with van der Waals surface area (Å²) in [6.45, 7) is 3.83. The summed E-state index contributed by atoms with van der Waals surface area (Å²) in [7, 11) is 1.40. The van der Waals surface area contributed by atoms with Crippen molar-refractivity contribution in [1.82, 2.24) is 5.32 Å². The van der Waals surface area contributed by atoms with Crippen molar-refractivity contribution in [2.24, 2.45) is 5.92 Å². The first kappa shape index (κ1) is 16.6. The molecule has 0 aliphatic heterocycles. The highest BCUT2D eigenvalue weighted by atomic mass is 35.7. The highest BCUT2D eigenvalue weighted by Gasteiger charge is 2.25. The lowest BCUT2D eigenvalue weighted by molar-refractivity contribution is 0.0936. The van der Waals surface area contributed by atoms with Gasteiger partial charge in [0.15, 0.2) is 0 Å². The molecule has 0 bridgehead atoms. The van der Waals surface area contributed by atoms with Gasteiger partial charge in [-0.1, -0.05) is 18.5 Å². The molecule has 0 radical (unpaired) electrons. The molecule has 7 heteroatoms. The first-order valence-corrected chi connectivity index (χ1v) is 9.43. The van der Waals surface area contributed by atoms with Gasteiger partial charge in [0.1, 0.15) is 0 Å². The number of amides is 1. The summed E-state index contributed by atoms with van der Waals surface area (Å²) < 4.78 is 22.9. The number of rotatable bonds is 3. The van der Waals surface area contributed by atoms with Crippen LogP contribution in [0.5, 0.6) is 0 Å². The van der Waals surface area contributed by atoms with Crippen LogP contribution in [0.4, 0.5) is 0 Å². The molecule has 0 heterocycles. The number of halogens is 2. The van der Waals surface area contributed by atoms with Gasteiger partial charge in [-0.2, -0.15) is 0 Å². The van der Waals surface area contributed by atoms with E-state index in [1.54, 1.807) is 6.92 Å². The highest BCUT2D eigenvalue weighted by molar-refractivity contribution is 8.13. The number of nitrogens with one attached hydrogen (secondary N) is 1. The van der Waals surface area contributed by atoms with Crippen LogP contribution in [0.25, 0.3) is 0 Å². The molecule has 1 aromatic rings. The largest absolute Gasteiger partial charge is 0.349 e. The van der Waals surface area contributed by atoms with E-state index in [2.05, 4.69) is 12.2 Å². The van der Waals surface area contributed by atoms with E-state index in [9.17, 15) is 13.2 Å². The number of hydrogen-bond acceptors (Lipinski definition) is 3. The lowest BCUT2D eigenvalue weighted by atomic mass is 10.1. The fourth-order valence-corrected chi connectivity index (χ4v) is 3.70. The summed E-state index contributed by atoms with van der Waals surface area (Å²) in [5.41, 5.74) is 0.797. The molecule has 2 atom stereocenters. The second-order valence-electron chi connectivity index (χ2n) is 5.60. The van der Waals surface area contributed by atoms with E-state index in [4.69, 9.17) is 22.3 Å². The summed E-state index contributed by atoms with van der Waals surface area (Å²) >= 11 is 6.01. The van der Waals surface area contributed by atoms with Crippen LogP contribution in [0.2, 0.25) is 5.02 Å². The van der Waals surface area contributed by atoms with E-state index >= 15 is 0 Å². The molecule has 0 spiro atoms. The normalized spacial score (nSPS) is 22.3. The SMILES string of the molecule is Cc1c(Cl)cc(S(=O)(=O)Cl)cc1C(=O)NC1CCC(C)C1. The number of carbonyl (C=O) groups is 1. The number of hydrogen-bond donors (Lipinski definition) is 1. The Hall–Kier alpha value is -0.780. The van der Waals surface area contributed by atoms with E-state index in [1.807, 2.05) is 0 Å². The zero-order valence-corrected chi connectivity index (χ0v) is 14.1. The third-order valence-corrected chi connectivity index (χ3v) is 5.60. The summed E-state index contributed by atoms with van der Waals surface area (Å²) in [4.78, 5) is 12.2. The topological polar surface area (TPSA) is 63.2 Å². The predicted molar refractivity (Wildman–Crippen MR) is 83.5 cm³/mol. The van der Waals surface area contributed by atoms with Gasteiger partial charge in [-0.3, -0.25) is 4.79 Å². The molecule has 116 valence electrons. The lowest BCUT2D eigenvalue weighted by Gasteiger charge is -2.15. The fraction of sp³-hybridized carbons (Fsp3) is 0.500. The Morgan fingerprint density at radius 2 is 2.00 bits per heavy atom. The molecule has 4 nitrogen and oxygen atoms in total. The van der Waals surface area contributed by atoms with Crippen molar-refractivity contribution in [3.05, 3.63) is 28.3 Å². The van der Waals surface area contributed by atoms with Gasteiger partial charge in [-0.05, 0) is 49.8 Å². The van der Waals surface area contributed by atoms with Crippen LogP contribution in [0.3, 0.4) is 0 Å². The van der Waals surface area contributed by atoms with Crippen molar-refractivity contribution in [3.63, 3.8) is 0 Å². The standard InChI is InChI=1S/C14H17Cl2NO3S/c1-8-3-4-10(5-8)17-14(18)12-6-11(21(16,19)20)7-13(15)9(12)2/h6-8,10H,3-5H2,1-2H3,(H,17,18). The molecule has 1 amide bonds. The second-order valence-corrected chi connectivity index (χ2v) is 8.58. The monoisotopic (exact) mass is 349 g/mol. The van der Waals surface area contributed by atoms with Gasteiger partial charge in [-0.15, -0.1) is 0 Å². The Morgan fingerprint density at radius 1 is 1.33 bits per heavy atom. The van der Waals surface area contributed by atoms with Crippen LogP contribution >= 0.6 is 22.3 Å². The van der Waals surface area contributed by atoms with Gasteiger partial charge in [0, 0.05) is 27.3 Å². The van der Waals surface area contributed by atoms with E-state index in [0.29, 0.717) is 11.5 Å². The molecular formula is C14H17Cl2NO3S. The van der Waals surface area contributed by atoms with Crippen LogP contribution < -0.4 is 5.32 Å². The van der Waals surface area contributed by atoms with Crippen LogP contribution in [-0.4, -0.2) is 20.4 Å². The van der Waals surface area contributed by atoms with Crippen molar-refractivity contribution in [1.29, 1.82) is 0 Å². The first-order chi connectivity index (χ1) is 9.68. The predicted octanol–water partition coefficient (Wildman–Crippen LogP) is 3.49. The third-order valence-electron chi connectivity index (χ3n) is 3.87. The van der Waals surface area contributed by atoms with E-state index in [-0.39, 0.29) is 27.4 Å². The molecule has 0 saturated heterocycles. The minimum atomic E-state index is -3.93. The summed E-state index contributed by atoms with van der Waals surface area (Å²) in [6.07, 6.45) is 2.96. The maximum absolute atomic E-state index is 12.4. The zero-order chi connectivity index (χ0) is 15.8. The van der Waals surface area contributed by atoms with Crippen molar-refractivity contribution in [2.75, 3.05) is 0 Å². The molecule has 0 aromatic heterocycles. The van der Waals surface area contributed by atoms with Gasteiger partial charge < -0.3 is 5.32 Å². The Labute approximate surface area is 134 Å². The average Bonchev–Trinajstić information content (AvgIpc) is 2.76. The van der Waals surface area contributed by atoms with Crippen molar-refractivity contribution in [3.8, 4) is 0 Å². The molecule has 1 aromatic carbocycles. The summed E-state index contributed by atoms with van der Waals surface area (Å²) in [5, 5.41) is 3.15. The zero-order valence-electron chi connectivity index (χ0n) is 11.8. The highest BCUT2D eigenvalue weighted by Crippen LogP contribution is 2.28. The van der Waals surface area contributed by atoms with Crippen LogP contribution in [0, 0.1) is 12.8 Å². The van der Waals surface area contributed by atoms with Crippen molar-refractivity contribution in [2.45, 2.75) is 44.0 Å². The molecule has 2 rings (SSSR count). The third kappa shape index (κ3) is 3.90. The smallest absolute Gasteiger partial charge is 0.261 e. The molecule has 1 fully saturated rings. The van der Waals surface area contributed by atoms with E-state index < -0.39 is 9.05 Å². The van der Waals surface area contributed by atoms with Crippen LogP contribution in [0.1, 0.15) is 42.1 Å². The molecule has 1 N–H and O–H groups in total. The molecular weight excluding hydrogens is 333 g/mol. The summed E-state index contributed by atoms with van der Waals surface area (Å²) in [6, 6.07) is 2.66. The molecule has 21 heavy (non-hydrogen) atoms. The Bertz CT molecular complexity index is 673. The maximum atomic E-state index is 12.4. The first-order valence-electron chi connectivity index (χ1n) is 6.74. The molecule has 2 unspecified atom stereocenters. The van der Waals surface area contributed by atoms with E-state index in [1.165, 1.54) is 12.1 Å². The van der Waals surface area contributed by atoms with Crippen molar-refractivity contribution >= 4 is 37.2 Å². The number of carbonyl (C=O) groups excluding carboxylic acids is 1. The summed E-state index contributed by atoms with van der Waals surface area (Å²) in [5.74, 6) is 0.283.